The maximum absolute atomic E-state index is 13.1. The highest BCUT2D eigenvalue weighted by molar-refractivity contribution is 5.19. The zero-order valence-electron chi connectivity index (χ0n) is 12.3. The molecule has 0 radical (unpaired) electrons. The van der Waals surface area contributed by atoms with Crippen molar-refractivity contribution in [1.29, 1.82) is 0 Å². The summed E-state index contributed by atoms with van der Waals surface area (Å²) in [6.45, 7) is 11.1. The minimum atomic E-state index is -0.163. The van der Waals surface area contributed by atoms with E-state index in [2.05, 4.69) is 39.9 Å². The monoisotopic (exact) mass is 251 g/mol. The second-order valence-electron chi connectivity index (χ2n) is 6.44. The van der Waals surface area contributed by atoms with E-state index in [-0.39, 0.29) is 11.9 Å². The molecule has 1 nitrogen and oxygen atoms in total. The highest BCUT2D eigenvalue weighted by Crippen LogP contribution is 2.22. The molecule has 1 rings (SSSR count). The van der Waals surface area contributed by atoms with Crippen molar-refractivity contribution < 1.29 is 4.39 Å². The molecule has 18 heavy (non-hydrogen) atoms. The van der Waals surface area contributed by atoms with Gasteiger partial charge >= 0.3 is 0 Å². The normalized spacial score (nSPS) is 15.4. The van der Waals surface area contributed by atoms with Crippen LogP contribution in [0.15, 0.2) is 24.3 Å². The SMILES string of the molecule is CC(CCC(C)(C)C)N[C@H](C)c1cccc(F)c1. The van der Waals surface area contributed by atoms with Crippen molar-refractivity contribution in [2.24, 2.45) is 5.41 Å². The van der Waals surface area contributed by atoms with Crippen molar-refractivity contribution in [3.05, 3.63) is 35.6 Å². The maximum atomic E-state index is 13.1. The highest BCUT2D eigenvalue weighted by Gasteiger charge is 2.14. The van der Waals surface area contributed by atoms with Gasteiger partial charge in [0.1, 0.15) is 5.82 Å². The fourth-order valence-electron chi connectivity index (χ4n) is 2.03. The van der Waals surface area contributed by atoms with Crippen LogP contribution >= 0.6 is 0 Å². The largest absolute Gasteiger partial charge is 0.308 e. The van der Waals surface area contributed by atoms with Gasteiger partial charge in [0.05, 0.1) is 0 Å². The molecule has 0 heterocycles. The molecule has 0 saturated heterocycles. The Morgan fingerprint density at radius 3 is 2.44 bits per heavy atom. The second-order valence-corrected chi connectivity index (χ2v) is 6.44. The third-order valence-electron chi connectivity index (χ3n) is 3.21. The smallest absolute Gasteiger partial charge is 0.123 e. The third-order valence-corrected chi connectivity index (χ3v) is 3.21. The Kier molecular flexibility index (Phi) is 5.33. The van der Waals surface area contributed by atoms with Crippen molar-refractivity contribution in [2.45, 2.75) is 59.5 Å². The number of hydrogen-bond donors (Lipinski definition) is 1. The summed E-state index contributed by atoms with van der Waals surface area (Å²) < 4.78 is 13.1. The van der Waals surface area contributed by atoms with Gasteiger partial charge in [0.25, 0.3) is 0 Å². The van der Waals surface area contributed by atoms with Crippen LogP contribution < -0.4 is 5.32 Å². The fraction of sp³-hybridized carbons (Fsp3) is 0.625. The van der Waals surface area contributed by atoms with Crippen molar-refractivity contribution in [3.8, 4) is 0 Å². The first-order valence-corrected chi connectivity index (χ1v) is 6.79. The van der Waals surface area contributed by atoms with E-state index in [9.17, 15) is 4.39 Å². The Morgan fingerprint density at radius 2 is 1.89 bits per heavy atom. The summed E-state index contributed by atoms with van der Waals surface area (Å²) >= 11 is 0. The molecule has 2 heteroatoms. The molecule has 0 amide bonds. The lowest BCUT2D eigenvalue weighted by atomic mass is 9.89. The Labute approximate surface area is 111 Å². The van der Waals surface area contributed by atoms with E-state index in [1.54, 1.807) is 12.1 Å². The summed E-state index contributed by atoms with van der Waals surface area (Å²) in [5.74, 6) is -0.163. The first-order chi connectivity index (χ1) is 8.28. The van der Waals surface area contributed by atoms with Crippen LogP contribution in [0.2, 0.25) is 0 Å². The van der Waals surface area contributed by atoms with Gasteiger partial charge in [0, 0.05) is 12.1 Å². The molecule has 1 aromatic carbocycles. The van der Waals surface area contributed by atoms with Crippen molar-refractivity contribution in [3.63, 3.8) is 0 Å². The minimum absolute atomic E-state index is 0.163. The molecule has 1 unspecified atom stereocenters. The summed E-state index contributed by atoms with van der Waals surface area (Å²) in [4.78, 5) is 0. The molecule has 0 aliphatic rings. The third kappa shape index (κ3) is 5.63. The van der Waals surface area contributed by atoms with Crippen LogP contribution in [0.3, 0.4) is 0 Å². The summed E-state index contributed by atoms with van der Waals surface area (Å²) in [6, 6.07) is 7.46. The van der Waals surface area contributed by atoms with Gasteiger partial charge in [-0.1, -0.05) is 32.9 Å². The van der Waals surface area contributed by atoms with Gasteiger partial charge in [-0.15, -0.1) is 0 Å². The van der Waals surface area contributed by atoms with Gasteiger partial charge in [-0.3, -0.25) is 0 Å². The Balaban J connectivity index is 2.47. The number of benzene rings is 1. The predicted octanol–water partition coefficient (Wildman–Crippen LogP) is 4.69. The van der Waals surface area contributed by atoms with E-state index in [4.69, 9.17) is 0 Å². The van der Waals surface area contributed by atoms with Crippen LogP contribution in [0.4, 0.5) is 4.39 Å². The van der Waals surface area contributed by atoms with Gasteiger partial charge in [-0.2, -0.15) is 0 Å². The molecule has 1 aromatic rings. The zero-order valence-corrected chi connectivity index (χ0v) is 12.3. The van der Waals surface area contributed by atoms with Crippen molar-refractivity contribution >= 4 is 0 Å². The molecule has 0 fully saturated rings. The average molecular weight is 251 g/mol. The van der Waals surface area contributed by atoms with Gasteiger partial charge in [0.2, 0.25) is 0 Å². The lowest BCUT2D eigenvalue weighted by Gasteiger charge is -2.24. The Bertz CT molecular complexity index is 368. The Hall–Kier alpha value is -0.890. The van der Waals surface area contributed by atoms with Crippen LogP contribution in [0.25, 0.3) is 0 Å². The van der Waals surface area contributed by atoms with Gasteiger partial charge in [-0.25, -0.2) is 4.39 Å². The van der Waals surface area contributed by atoms with Crippen molar-refractivity contribution in [2.75, 3.05) is 0 Å². The van der Waals surface area contributed by atoms with E-state index in [1.165, 1.54) is 12.5 Å². The number of hydrogen-bond acceptors (Lipinski definition) is 1. The highest BCUT2D eigenvalue weighted by atomic mass is 19.1. The predicted molar refractivity (Wildman–Crippen MR) is 76.1 cm³/mol. The first kappa shape index (κ1) is 15.2. The first-order valence-electron chi connectivity index (χ1n) is 6.79. The van der Waals surface area contributed by atoms with Crippen LogP contribution in [0.5, 0.6) is 0 Å². The van der Waals surface area contributed by atoms with Crippen LogP contribution in [-0.2, 0) is 0 Å². The molecule has 0 aromatic heterocycles. The molecular weight excluding hydrogens is 225 g/mol. The van der Waals surface area contributed by atoms with Crippen LogP contribution in [-0.4, -0.2) is 6.04 Å². The molecule has 0 saturated carbocycles. The van der Waals surface area contributed by atoms with Crippen molar-refractivity contribution in [1.82, 2.24) is 5.32 Å². The molecule has 1 N–H and O–H groups in total. The average Bonchev–Trinajstić information content (AvgIpc) is 2.25. The molecular formula is C16H26FN. The van der Waals surface area contributed by atoms with E-state index in [1.807, 2.05) is 6.07 Å². The molecule has 0 bridgehead atoms. The van der Waals surface area contributed by atoms with E-state index < -0.39 is 0 Å². The zero-order chi connectivity index (χ0) is 13.8. The van der Waals surface area contributed by atoms with Gasteiger partial charge in [0.15, 0.2) is 0 Å². The van der Waals surface area contributed by atoms with E-state index in [0.29, 0.717) is 11.5 Å². The number of nitrogens with one attached hydrogen (secondary N) is 1. The minimum Gasteiger partial charge on any atom is -0.308 e. The lowest BCUT2D eigenvalue weighted by Crippen LogP contribution is -2.30. The molecule has 102 valence electrons. The quantitative estimate of drug-likeness (QED) is 0.800. The summed E-state index contributed by atoms with van der Waals surface area (Å²) in [7, 11) is 0. The Morgan fingerprint density at radius 1 is 1.22 bits per heavy atom. The van der Waals surface area contributed by atoms with Gasteiger partial charge in [-0.05, 0) is 49.8 Å². The molecule has 0 aliphatic heterocycles. The molecule has 0 spiro atoms. The van der Waals surface area contributed by atoms with E-state index in [0.717, 1.165) is 12.0 Å². The van der Waals surface area contributed by atoms with E-state index >= 15 is 0 Å². The van der Waals surface area contributed by atoms with Crippen LogP contribution in [0.1, 0.15) is 59.1 Å². The molecule has 0 aliphatic carbocycles. The van der Waals surface area contributed by atoms with Crippen LogP contribution in [0, 0.1) is 11.2 Å². The summed E-state index contributed by atoms with van der Waals surface area (Å²) in [6.07, 6.45) is 2.33. The molecule has 2 atom stereocenters. The lowest BCUT2D eigenvalue weighted by molar-refractivity contribution is 0.327. The standard InChI is InChI=1S/C16H26FN/c1-12(9-10-16(3,4)5)18-13(2)14-7-6-8-15(17)11-14/h6-8,11-13,18H,9-10H2,1-5H3/t12?,13-/m1/s1. The summed E-state index contributed by atoms with van der Waals surface area (Å²) in [5.41, 5.74) is 1.38. The second kappa shape index (κ2) is 6.33. The maximum Gasteiger partial charge on any atom is 0.123 e. The number of rotatable bonds is 5. The van der Waals surface area contributed by atoms with Gasteiger partial charge < -0.3 is 5.32 Å². The fourth-order valence-corrected chi connectivity index (χ4v) is 2.03. The number of halogens is 1. The topological polar surface area (TPSA) is 12.0 Å². The summed E-state index contributed by atoms with van der Waals surface area (Å²) in [5, 5.41) is 3.53.